The van der Waals surface area contributed by atoms with Crippen LogP contribution in [0.1, 0.15) is 37.9 Å². The second-order valence-electron chi connectivity index (χ2n) is 7.26. The molecule has 0 spiro atoms. The summed E-state index contributed by atoms with van der Waals surface area (Å²) in [5.41, 5.74) is 1.76. The van der Waals surface area contributed by atoms with Gasteiger partial charge in [0.25, 0.3) is 0 Å². The Hall–Kier alpha value is -2.41. The zero-order valence-corrected chi connectivity index (χ0v) is 15.5. The van der Waals surface area contributed by atoms with Gasteiger partial charge in [0.1, 0.15) is 18.5 Å². The van der Waals surface area contributed by atoms with E-state index in [4.69, 9.17) is 4.74 Å². The second-order valence-corrected chi connectivity index (χ2v) is 7.26. The van der Waals surface area contributed by atoms with Crippen molar-refractivity contribution in [2.75, 3.05) is 19.7 Å². The van der Waals surface area contributed by atoms with E-state index >= 15 is 0 Å². The number of hydrogen-bond donors (Lipinski definition) is 1. The molecule has 2 fully saturated rings. The van der Waals surface area contributed by atoms with E-state index in [2.05, 4.69) is 10.3 Å². The number of piperidine rings is 1. The Balaban J connectivity index is 1.51. The number of amides is 2. The van der Waals surface area contributed by atoms with Crippen molar-refractivity contribution < 1.29 is 14.3 Å². The molecule has 2 aliphatic rings. The fourth-order valence-corrected chi connectivity index (χ4v) is 3.88. The molecule has 0 bridgehead atoms. The highest BCUT2D eigenvalue weighted by atomic mass is 16.5. The summed E-state index contributed by atoms with van der Waals surface area (Å²) in [5.74, 6) is 0.714. The van der Waals surface area contributed by atoms with Crippen LogP contribution >= 0.6 is 0 Å². The van der Waals surface area contributed by atoms with Crippen LogP contribution < -0.4 is 5.32 Å². The number of imidazole rings is 1. The summed E-state index contributed by atoms with van der Waals surface area (Å²) in [5, 5.41) is 2.92. The molecule has 2 saturated heterocycles. The van der Waals surface area contributed by atoms with Gasteiger partial charge in [0.05, 0.1) is 17.6 Å². The first-order valence-corrected chi connectivity index (χ1v) is 9.83. The number of fused-ring (bicyclic) bond motifs is 1. The average molecular weight is 370 g/mol. The summed E-state index contributed by atoms with van der Waals surface area (Å²) < 4.78 is 7.37. The van der Waals surface area contributed by atoms with Gasteiger partial charge in [-0.25, -0.2) is 4.98 Å². The minimum atomic E-state index is -0.363. The van der Waals surface area contributed by atoms with Gasteiger partial charge in [-0.2, -0.15) is 0 Å². The SMILES string of the molecule is O=C(NCc1nc2ccccc2n1CC(=O)N1CCCCC1)C1CCCO1. The molecular weight excluding hydrogens is 344 g/mol. The number of ether oxygens (including phenoxy) is 1. The molecule has 2 amide bonds. The molecule has 4 rings (SSSR count). The Labute approximate surface area is 158 Å². The highest BCUT2D eigenvalue weighted by Crippen LogP contribution is 2.18. The van der Waals surface area contributed by atoms with Crippen LogP contribution in [0.15, 0.2) is 24.3 Å². The van der Waals surface area contributed by atoms with Crippen molar-refractivity contribution in [3.8, 4) is 0 Å². The molecule has 1 N–H and O–H groups in total. The lowest BCUT2D eigenvalue weighted by atomic mass is 10.1. The van der Waals surface area contributed by atoms with Gasteiger partial charge in [-0.15, -0.1) is 0 Å². The Morgan fingerprint density at radius 1 is 1.15 bits per heavy atom. The number of aromatic nitrogens is 2. The molecule has 2 aromatic rings. The van der Waals surface area contributed by atoms with Crippen LogP contribution in [0, 0.1) is 0 Å². The zero-order chi connectivity index (χ0) is 18.6. The second kappa shape index (κ2) is 8.08. The zero-order valence-electron chi connectivity index (χ0n) is 15.5. The molecule has 7 nitrogen and oxygen atoms in total. The van der Waals surface area contributed by atoms with E-state index in [9.17, 15) is 9.59 Å². The van der Waals surface area contributed by atoms with Crippen molar-refractivity contribution in [2.45, 2.75) is 51.3 Å². The molecular formula is C20H26N4O3. The van der Waals surface area contributed by atoms with Crippen molar-refractivity contribution in [3.05, 3.63) is 30.1 Å². The maximum absolute atomic E-state index is 12.8. The molecule has 144 valence electrons. The van der Waals surface area contributed by atoms with Crippen molar-refractivity contribution in [3.63, 3.8) is 0 Å². The molecule has 1 aromatic heterocycles. The maximum atomic E-state index is 12.8. The van der Waals surface area contributed by atoms with Crippen molar-refractivity contribution >= 4 is 22.8 Å². The van der Waals surface area contributed by atoms with Gasteiger partial charge < -0.3 is 19.5 Å². The van der Waals surface area contributed by atoms with E-state index in [1.54, 1.807) is 0 Å². The number of hydrogen-bond acceptors (Lipinski definition) is 4. The first kappa shape index (κ1) is 18.0. The summed E-state index contributed by atoms with van der Waals surface area (Å²) in [6, 6.07) is 7.78. The lowest BCUT2D eigenvalue weighted by Crippen LogP contribution is -2.38. The van der Waals surface area contributed by atoms with Gasteiger partial charge in [0.2, 0.25) is 11.8 Å². The molecule has 7 heteroatoms. The number of nitrogens with one attached hydrogen (secondary N) is 1. The van der Waals surface area contributed by atoms with Crippen LogP contribution in [-0.2, 0) is 27.4 Å². The summed E-state index contributed by atoms with van der Waals surface area (Å²) >= 11 is 0. The van der Waals surface area contributed by atoms with Crippen LogP contribution in [0.3, 0.4) is 0 Å². The predicted molar refractivity (Wildman–Crippen MR) is 101 cm³/mol. The summed E-state index contributed by atoms with van der Waals surface area (Å²) in [7, 11) is 0. The summed E-state index contributed by atoms with van der Waals surface area (Å²) in [6.07, 6.45) is 4.65. The maximum Gasteiger partial charge on any atom is 0.249 e. The van der Waals surface area contributed by atoms with Crippen LogP contribution in [0.5, 0.6) is 0 Å². The van der Waals surface area contributed by atoms with Gasteiger partial charge in [0, 0.05) is 19.7 Å². The van der Waals surface area contributed by atoms with Gasteiger partial charge in [-0.05, 0) is 44.2 Å². The molecule has 0 aliphatic carbocycles. The first-order chi connectivity index (χ1) is 13.2. The van der Waals surface area contributed by atoms with E-state index in [1.807, 2.05) is 33.7 Å². The van der Waals surface area contributed by atoms with E-state index in [1.165, 1.54) is 6.42 Å². The van der Waals surface area contributed by atoms with Crippen LogP contribution in [0.4, 0.5) is 0 Å². The Bertz CT molecular complexity index is 820. The first-order valence-electron chi connectivity index (χ1n) is 9.83. The Morgan fingerprint density at radius 2 is 1.96 bits per heavy atom. The van der Waals surface area contributed by atoms with Gasteiger partial charge >= 0.3 is 0 Å². The molecule has 1 unspecified atom stereocenters. The number of nitrogens with zero attached hydrogens (tertiary/aromatic N) is 3. The van der Waals surface area contributed by atoms with E-state index in [0.29, 0.717) is 19.0 Å². The third-order valence-electron chi connectivity index (χ3n) is 5.38. The van der Waals surface area contributed by atoms with Gasteiger partial charge in [-0.3, -0.25) is 9.59 Å². The minimum Gasteiger partial charge on any atom is -0.368 e. The topological polar surface area (TPSA) is 76.5 Å². The lowest BCUT2D eigenvalue weighted by Gasteiger charge is -2.27. The average Bonchev–Trinajstić information content (AvgIpc) is 3.36. The quantitative estimate of drug-likeness (QED) is 0.871. The molecule has 2 aliphatic heterocycles. The largest absolute Gasteiger partial charge is 0.368 e. The Kier molecular flexibility index (Phi) is 5.38. The minimum absolute atomic E-state index is 0.103. The van der Waals surface area contributed by atoms with Crippen LogP contribution in [-0.4, -0.2) is 52.1 Å². The lowest BCUT2D eigenvalue weighted by molar-refractivity contribution is -0.132. The van der Waals surface area contributed by atoms with E-state index < -0.39 is 0 Å². The molecule has 27 heavy (non-hydrogen) atoms. The molecule has 3 heterocycles. The number of carbonyl (C=O) groups is 2. The fraction of sp³-hybridized carbons (Fsp3) is 0.550. The van der Waals surface area contributed by atoms with Gasteiger partial charge in [0.15, 0.2) is 0 Å². The number of para-hydroxylation sites is 2. The smallest absolute Gasteiger partial charge is 0.249 e. The standard InChI is InChI=1S/C20H26N4O3/c25-19(23-10-4-1-5-11-23)14-24-16-8-3-2-7-15(16)22-18(24)13-21-20(26)17-9-6-12-27-17/h2-3,7-8,17H,1,4-6,9-14H2,(H,21,26). The molecule has 0 saturated carbocycles. The predicted octanol–water partition coefficient (Wildman–Crippen LogP) is 1.84. The van der Waals surface area contributed by atoms with E-state index in [-0.39, 0.29) is 24.5 Å². The Morgan fingerprint density at radius 3 is 2.74 bits per heavy atom. The number of rotatable bonds is 5. The fourth-order valence-electron chi connectivity index (χ4n) is 3.88. The highest BCUT2D eigenvalue weighted by molar-refractivity contribution is 5.82. The summed E-state index contributed by atoms with van der Waals surface area (Å²) in [4.78, 5) is 31.6. The summed E-state index contributed by atoms with van der Waals surface area (Å²) in [6.45, 7) is 2.85. The normalized spacial score (nSPS) is 20.1. The monoisotopic (exact) mass is 370 g/mol. The van der Waals surface area contributed by atoms with E-state index in [0.717, 1.165) is 49.8 Å². The molecule has 0 radical (unpaired) electrons. The van der Waals surface area contributed by atoms with Crippen LogP contribution in [0.2, 0.25) is 0 Å². The molecule has 1 atom stereocenters. The highest BCUT2D eigenvalue weighted by Gasteiger charge is 2.24. The number of likely N-dealkylation sites (tertiary alicyclic amines) is 1. The number of benzene rings is 1. The van der Waals surface area contributed by atoms with Crippen molar-refractivity contribution in [2.24, 2.45) is 0 Å². The van der Waals surface area contributed by atoms with Crippen molar-refractivity contribution in [1.29, 1.82) is 0 Å². The third-order valence-corrected chi connectivity index (χ3v) is 5.38. The molecule has 1 aromatic carbocycles. The van der Waals surface area contributed by atoms with Crippen LogP contribution in [0.25, 0.3) is 11.0 Å². The third kappa shape index (κ3) is 3.98. The van der Waals surface area contributed by atoms with Gasteiger partial charge in [-0.1, -0.05) is 12.1 Å². The van der Waals surface area contributed by atoms with Crippen molar-refractivity contribution in [1.82, 2.24) is 19.8 Å². The number of carbonyl (C=O) groups excluding carboxylic acids is 2.